The van der Waals surface area contributed by atoms with Crippen LogP contribution in [0.2, 0.25) is 10.0 Å². The van der Waals surface area contributed by atoms with Gasteiger partial charge in [0.05, 0.1) is 29.2 Å². The Morgan fingerprint density at radius 1 is 1.35 bits per heavy atom. The number of rotatable bonds is 4. The van der Waals surface area contributed by atoms with Crippen LogP contribution in [-0.2, 0) is 17.8 Å². The zero-order valence-corrected chi connectivity index (χ0v) is 18.0. The molecule has 3 N–H and O–H groups in total. The number of aromatic amines is 1. The Labute approximate surface area is 186 Å². The van der Waals surface area contributed by atoms with E-state index in [1.165, 1.54) is 6.07 Å². The average molecular weight is 465 g/mol. The van der Waals surface area contributed by atoms with E-state index in [9.17, 15) is 19.1 Å². The van der Waals surface area contributed by atoms with Crippen LogP contribution >= 0.6 is 23.2 Å². The average Bonchev–Trinajstić information content (AvgIpc) is 2.72. The molecular weight excluding hydrogens is 446 g/mol. The third kappa shape index (κ3) is 4.11. The second-order valence-corrected chi connectivity index (χ2v) is 8.19. The number of benzene rings is 2. The van der Waals surface area contributed by atoms with E-state index in [2.05, 4.69) is 15.3 Å². The molecule has 1 aliphatic rings. The zero-order chi connectivity index (χ0) is 22.3. The van der Waals surface area contributed by atoms with Crippen molar-refractivity contribution in [3.05, 3.63) is 67.4 Å². The van der Waals surface area contributed by atoms with Crippen molar-refractivity contribution in [2.75, 3.05) is 18.4 Å². The Morgan fingerprint density at radius 2 is 2.13 bits per heavy atom. The van der Waals surface area contributed by atoms with Crippen LogP contribution in [0.3, 0.4) is 0 Å². The molecule has 0 saturated carbocycles. The molecule has 1 aliphatic heterocycles. The number of aromatic nitrogens is 2. The lowest BCUT2D eigenvalue weighted by atomic mass is 9.93. The van der Waals surface area contributed by atoms with Crippen LogP contribution in [0.5, 0.6) is 0 Å². The molecule has 7 nitrogen and oxygen atoms in total. The first kappa shape index (κ1) is 21.5. The van der Waals surface area contributed by atoms with Gasteiger partial charge in [0.2, 0.25) is 5.91 Å². The Hall–Kier alpha value is -2.68. The summed E-state index contributed by atoms with van der Waals surface area (Å²) >= 11 is 12.4. The smallest absolute Gasteiger partial charge is 0.258 e. The molecule has 1 unspecified atom stereocenters. The first-order valence-corrected chi connectivity index (χ1v) is 10.4. The van der Waals surface area contributed by atoms with Crippen molar-refractivity contribution < 1.29 is 14.3 Å². The van der Waals surface area contributed by atoms with E-state index in [1.807, 2.05) is 13.0 Å². The number of halogens is 3. The van der Waals surface area contributed by atoms with Gasteiger partial charge in [-0.1, -0.05) is 23.2 Å². The summed E-state index contributed by atoms with van der Waals surface area (Å²) < 4.78 is 14.5. The van der Waals surface area contributed by atoms with Gasteiger partial charge >= 0.3 is 0 Å². The van der Waals surface area contributed by atoms with E-state index in [-0.39, 0.29) is 40.9 Å². The highest BCUT2D eigenvalue weighted by molar-refractivity contribution is 6.35. The first-order valence-electron chi connectivity index (χ1n) is 9.63. The second kappa shape index (κ2) is 8.45. The normalized spacial score (nSPS) is 15.8. The largest absolute Gasteiger partial charge is 0.388 e. The molecule has 2 aromatic carbocycles. The van der Waals surface area contributed by atoms with Crippen LogP contribution in [0, 0.1) is 5.82 Å². The van der Waals surface area contributed by atoms with Crippen molar-refractivity contribution in [3.8, 4) is 0 Å². The number of nitrogens with one attached hydrogen (secondary N) is 2. The quantitative estimate of drug-likeness (QED) is 0.549. The maximum Gasteiger partial charge on any atom is 0.258 e. The summed E-state index contributed by atoms with van der Waals surface area (Å²) in [6, 6.07) is 5.67. The maximum absolute atomic E-state index is 14.5. The molecule has 2 heterocycles. The van der Waals surface area contributed by atoms with Crippen molar-refractivity contribution in [2.45, 2.75) is 26.0 Å². The minimum Gasteiger partial charge on any atom is -0.388 e. The van der Waals surface area contributed by atoms with Crippen LogP contribution in [0.4, 0.5) is 10.1 Å². The highest BCUT2D eigenvalue weighted by Gasteiger charge is 2.29. The van der Waals surface area contributed by atoms with Gasteiger partial charge in [0.15, 0.2) is 0 Å². The lowest BCUT2D eigenvalue weighted by Crippen LogP contribution is -2.42. The minimum atomic E-state index is -0.681. The van der Waals surface area contributed by atoms with Gasteiger partial charge in [-0.3, -0.25) is 9.59 Å². The fourth-order valence-electron chi connectivity index (χ4n) is 3.93. The van der Waals surface area contributed by atoms with Gasteiger partial charge in [0.1, 0.15) is 18.2 Å². The molecule has 1 aromatic heterocycles. The number of aliphatic hydroxyl groups excluding tert-OH is 1. The predicted octanol–water partition coefficient (Wildman–Crippen LogP) is 3.42. The van der Waals surface area contributed by atoms with Gasteiger partial charge < -0.3 is 20.3 Å². The summed E-state index contributed by atoms with van der Waals surface area (Å²) in [5.74, 6) is -0.832. The van der Waals surface area contributed by atoms with Gasteiger partial charge in [0, 0.05) is 16.6 Å². The molecule has 4 rings (SSSR count). The van der Waals surface area contributed by atoms with Gasteiger partial charge in [-0.05, 0) is 48.7 Å². The monoisotopic (exact) mass is 464 g/mol. The summed E-state index contributed by atoms with van der Waals surface area (Å²) in [6.07, 6.45) is 0.618. The van der Waals surface area contributed by atoms with Crippen LogP contribution in [-0.4, -0.2) is 39.0 Å². The van der Waals surface area contributed by atoms with Crippen LogP contribution in [0.25, 0.3) is 10.9 Å². The number of hydrogen-bond acceptors (Lipinski definition) is 5. The van der Waals surface area contributed by atoms with E-state index in [0.717, 1.165) is 17.2 Å². The summed E-state index contributed by atoms with van der Waals surface area (Å²) in [4.78, 5) is 33.0. The Kier molecular flexibility index (Phi) is 5.88. The number of nitrogens with zero attached hydrogens (tertiary/aromatic N) is 2. The molecule has 1 atom stereocenters. The summed E-state index contributed by atoms with van der Waals surface area (Å²) in [7, 11) is 0. The molecule has 162 valence electrons. The van der Waals surface area contributed by atoms with E-state index in [1.54, 1.807) is 11.0 Å². The third-order valence-electron chi connectivity index (χ3n) is 5.43. The number of fused-ring (bicyclic) bond motifs is 2. The van der Waals surface area contributed by atoms with Crippen LogP contribution in [0.1, 0.15) is 29.9 Å². The first-order chi connectivity index (χ1) is 14.8. The van der Waals surface area contributed by atoms with Crippen molar-refractivity contribution in [3.63, 3.8) is 0 Å². The highest BCUT2D eigenvalue weighted by Crippen LogP contribution is 2.37. The van der Waals surface area contributed by atoms with Crippen LogP contribution < -0.4 is 10.9 Å². The molecule has 1 amide bonds. The van der Waals surface area contributed by atoms with E-state index in [4.69, 9.17) is 23.2 Å². The lowest BCUT2D eigenvalue weighted by Gasteiger charge is -2.36. The Bertz CT molecular complexity index is 1250. The van der Waals surface area contributed by atoms with Gasteiger partial charge in [-0.15, -0.1) is 0 Å². The number of H-pyrrole nitrogens is 1. The minimum absolute atomic E-state index is 0.0396. The molecule has 0 saturated heterocycles. The SMILES string of the molecule is CC1c2c(Cl)cc(Cl)cc2CCN1C(=O)CNc1cc2nc(CO)[nH]c(=O)c2cc1F. The lowest BCUT2D eigenvalue weighted by molar-refractivity contribution is -0.131. The molecule has 3 aromatic rings. The van der Waals surface area contributed by atoms with Gasteiger partial charge in [-0.2, -0.15) is 0 Å². The Morgan fingerprint density at radius 3 is 2.87 bits per heavy atom. The number of aliphatic hydroxyl groups is 1. The number of carbonyl (C=O) groups excluding carboxylic acids is 1. The van der Waals surface area contributed by atoms with E-state index >= 15 is 0 Å². The molecule has 0 fully saturated rings. The van der Waals surface area contributed by atoms with Gasteiger partial charge in [0.25, 0.3) is 5.56 Å². The maximum atomic E-state index is 14.5. The van der Waals surface area contributed by atoms with Crippen molar-refractivity contribution in [1.82, 2.24) is 14.9 Å². The molecular formula is C21H19Cl2FN4O3. The molecule has 0 radical (unpaired) electrons. The topological polar surface area (TPSA) is 98.3 Å². The summed E-state index contributed by atoms with van der Waals surface area (Å²) in [5.41, 5.74) is 1.58. The molecule has 0 spiro atoms. The fourth-order valence-corrected chi connectivity index (χ4v) is 4.63. The zero-order valence-electron chi connectivity index (χ0n) is 16.5. The number of carbonyl (C=O) groups is 1. The molecule has 0 bridgehead atoms. The molecule has 0 aliphatic carbocycles. The number of amides is 1. The van der Waals surface area contributed by atoms with E-state index < -0.39 is 18.0 Å². The van der Waals surface area contributed by atoms with Crippen LogP contribution in [0.15, 0.2) is 29.1 Å². The summed E-state index contributed by atoms with van der Waals surface area (Å²) in [6.45, 7) is 1.77. The predicted molar refractivity (Wildman–Crippen MR) is 117 cm³/mol. The molecule has 31 heavy (non-hydrogen) atoms. The number of hydrogen-bond donors (Lipinski definition) is 3. The van der Waals surface area contributed by atoms with Crippen molar-refractivity contribution >= 4 is 45.7 Å². The van der Waals surface area contributed by atoms with Crippen molar-refractivity contribution in [1.29, 1.82) is 0 Å². The fraction of sp³-hybridized carbons (Fsp3) is 0.286. The third-order valence-corrected chi connectivity index (χ3v) is 5.96. The highest BCUT2D eigenvalue weighted by atomic mass is 35.5. The molecule has 10 heteroatoms. The summed E-state index contributed by atoms with van der Waals surface area (Å²) in [5, 5.41) is 13.1. The van der Waals surface area contributed by atoms with Gasteiger partial charge in [-0.25, -0.2) is 9.37 Å². The second-order valence-electron chi connectivity index (χ2n) is 7.35. The van der Waals surface area contributed by atoms with E-state index in [0.29, 0.717) is 23.0 Å². The standard InChI is InChI=1S/C21H19Cl2FN4O3/c1-10-20-11(4-12(22)5-14(20)23)2-3-28(10)19(30)8-25-17-7-16-13(6-15(17)24)21(31)27-18(9-29)26-16/h4-7,10,25,29H,2-3,8-9H2,1H3,(H,26,27,31). The van der Waals surface area contributed by atoms with Crippen molar-refractivity contribution in [2.24, 2.45) is 0 Å². The Balaban J connectivity index is 1.54. The number of anilines is 1.